The highest BCUT2D eigenvalue weighted by atomic mass is 35.5. The zero-order chi connectivity index (χ0) is 21.2. The summed E-state index contributed by atoms with van der Waals surface area (Å²) in [5, 5.41) is 0.477. The quantitative estimate of drug-likeness (QED) is 0.650. The minimum Gasteiger partial charge on any atom is -0.378 e. The van der Waals surface area contributed by atoms with Crippen LogP contribution in [0.2, 0.25) is 5.02 Å². The third-order valence-electron chi connectivity index (χ3n) is 4.93. The minimum atomic E-state index is -4.58. The number of amides is 1. The van der Waals surface area contributed by atoms with E-state index >= 15 is 0 Å². The highest BCUT2D eigenvalue weighted by Crippen LogP contribution is 2.41. The Hall–Kier alpha value is -1.64. The van der Waals surface area contributed by atoms with Crippen molar-refractivity contribution in [3.63, 3.8) is 0 Å². The van der Waals surface area contributed by atoms with Gasteiger partial charge in [-0.3, -0.25) is 4.79 Å². The van der Waals surface area contributed by atoms with E-state index in [2.05, 4.69) is 0 Å². The predicted octanol–water partition coefficient (Wildman–Crippen LogP) is 4.97. The van der Waals surface area contributed by atoms with Crippen LogP contribution in [-0.2, 0) is 17.5 Å². The number of morpholine rings is 1. The molecule has 1 aliphatic heterocycles. The van der Waals surface area contributed by atoms with Gasteiger partial charge in [0.1, 0.15) is 11.4 Å². The van der Waals surface area contributed by atoms with E-state index < -0.39 is 17.8 Å². The lowest BCUT2D eigenvalue weighted by atomic mass is 10.00. The maximum atomic E-state index is 14.0. The summed E-state index contributed by atoms with van der Waals surface area (Å²) in [4.78, 5) is 14.9. The molecular weight excluding hydrogens is 425 g/mol. The van der Waals surface area contributed by atoms with Gasteiger partial charge in [0.2, 0.25) is 0 Å². The molecule has 1 aliphatic rings. The molecule has 0 spiro atoms. The van der Waals surface area contributed by atoms with Crippen molar-refractivity contribution in [3.05, 3.63) is 46.2 Å². The van der Waals surface area contributed by atoms with Crippen molar-refractivity contribution in [3.8, 4) is 11.1 Å². The maximum Gasteiger partial charge on any atom is 0.431 e. The number of halogens is 4. The summed E-state index contributed by atoms with van der Waals surface area (Å²) in [6, 6.07) is 6.54. The Morgan fingerprint density at radius 2 is 1.83 bits per heavy atom. The van der Waals surface area contributed by atoms with Crippen molar-refractivity contribution < 1.29 is 22.7 Å². The van der Waals surface area contributed by atoms with E-state index in [0.29, 0.717) is 48.2 Å². The zero-order valence-corrected chi connectivity index (χ0v) is 17.8. The van der Waals surface area contributed by atoms with Crippen LogP contribution >= 0.6 is 23.4 Å². The van der Waals surface area contributed by atoms with Crippen LogP contribution in [0, 0.1) is 6.92 Å². The van der Waals surface area contributed by atoms with E-state index in [1.807, 2.05) is 6.26 Å². The van der Waals surface area contributed by atoms with Gasteiger partial charge in [-0.25, -0.2) is 0 Å². The molecule has 4 nitrogen and oxygen atoms in total. The number of thioether (sulfide) groups is 1. The average Bonchev–Trinajstić information content (AvgIpc) is 2.99. The Balaban J connectivity index is 2.25. The van der Waals surface area contributed by atoms with Crippen LogP contribution in [-0.4, -0.2) is 53.7 Å². The second-order valence-corrected chi connectivity index (χ2v) is 8.17. The van der Waals surface area contributed by atoms with E-state index in [1.165, 1.54) is 18.7 Å². The molecule has 29 heavy (non-hydrogen) atoms. The molecule has 0 N–H and O–H groups in total. The molecule has 1 amide bonds. The summed E-state index contributed by atoms with van der Waals surface area (Å²) in [5.74, 6) is 0.0543. The highest BCUT2D eigenvalue weighted by molar-refractivity contribution is 7.98. The predicted molar refractivity (Wildman–Crippen MR) is 110 cm³/mol. The first-order chi connectivity index (χ1) is 13.8. The first-order valence-electron chi connectivity index (χ1n) is 9.18. The third-order valence-corrected chi connectivity index (χ3v) is 5.77. The fraction of sp³-hybridized carbons (Fsp3) is 0.450. The number of aromatic nitrogens is 1. The number of rotatable bonds is 5. The van der Waals surface area contributed by atoms with Crippen LogP contribution < -0.4 is 0 Å². The number of nitrogens with zero attached hydrogens (tertiary/aromatic N) is 2. The lowest BCUT2D eigenvalue weighted by Gasteiger charge is -2.28. The van der Waals surface area contributed by atoms with Crippen molar-refractivity contribution >= 4 is 29.3 Å². The molecule has 9 heteroatoms. The van der Waals surface area contributed by atoms with Gasteiger partial charge in [0.15, 0.2) is 0 Å². The molecule has 3 rings (SSSR count). The normalized spacial score (nSPS) is 15.0. The molecule has 158 valence electrons. The molecular formula is C20H22ClF3N2O2S. The summed E-state index contributed by atoms with van der Waals surface area (Å²) in [7, 11) is 0. The van der Waals surface area contributed by atoms with E-state index in [1.54, 1.807) is 29.2 Å². The van der Waals surface area contributed by atoms with Crippen LogP contribution in [0.15, 0.2) is 24.3 Å². The van der Waals surface area contributed by atoms with Crippen molar-refractivity contribution in [2.45, 2.75) is 19.6 Å². The Kier molecular flexibility index (Phi) is 6.86. The standard InChI is InChI=1S/C20H22ClF3N2O2S/c1-13-16(14-3-5-15(21)6-4-14)17(19(27)25-7-10-28-11-8-25)26(9-12-29-2)18(13)20(22,23)24/h3-6H,7-12H2,1-2H3. The molecule has 2 heterocycles. The van der Waals surface area contributed by atoms with E-state index in [4.69, 9.17) is 16.3 Å². The second-order valence-electron chi connectivity index (χ2n) is 6.75. The molecule has 0 aliphatic carbocycles. The highest BCUT2D eigenvalue weighted by Gasteiger charge is 2.41. The SMILES string of the molecule is CSCCn1c(C(=O)N2CCOCC2)c(-c2ccc(Cl)cc2)c(C)c1C(F)(F)F. The largest absolute Gasteiger partial charge is 0.431 e. The lowest BCUT2D eigenvalue weighted by Crippen LogP contribution is -2.41. The number of ether oxygens (including phenoxy) is 1. The number of carbonyl (C=O) groups is 1. The number of alkyl halides is 3. The summed E-state index contributed by atoms with van der Waals surface area (Å²) < 4.78 is 48.5. The number of hydrogen-bond acceptors (Lipinski definition) is 3. The lowest BCUT2D eigenvalue weighted by molar-refractivity contribution is -0.143. The van der Waals surface area contributed by atoms with Crippen molar-refractivity contribution in [1.82, 2.24) is 9.47 Å². The number of carbonyl (C=O) groups excluding carboxylic acids is 1. The van der Waals surface area contributed by atoms with Crippen LogP contribution in [0.3, 0.4) is 0 Å². The molecule has 0 bridgehead atoms. The smallest absolute Gasteiger partial charge is 0.378 e. The first-order valence-corrected chi connectivity index (χ1v) is 10.9. The number of hydrogen-bond donors (Lipinski definition) is 0. The summed E-state index contributed by atoms with van der Waals surface area (Å²) in [6.07, 6.45) is -2.75. The molecule has 1 saturated heterocycles. The van der Waals surface area contributed by atoms with Gasteiger partial charge in [-0.2, -0.15) is 24.9 Å². The molecule has 0 atom stereocenters. The Labute approximate surface area is 177 Å². The number of benzene rings is 1. The Bertz CT molecular complexity index is 875. The summed E-state index contributed by atoms with van der Waals surface area (Å²) in [5.41, 5.74) is 0.210. The summed E-state index contributed by atoms with van der Waals surface area (Å²) >= 11 is 7.40. The Morgan fingerprint density at radius 1 is 1.21 bits per heavy atom. The van der Waals surface area contributed by atoms with E-state index in [9.17, 15) is 18.0 Å². The van der Waals surface area contributed by atoms with Gasteiger partial charge in [0, 0.05) is 36.0 Å². The van der Waals surface area contributed by atoms with Crippen LogP contribution in [0.1, 0.15) is 21.7 Å². The van der Waals surface area contributed by atoms with Crippen molar-refractivity contribution in [2.24, 2.45) is 0 Å². The molecule has 2 aromatic rings. The van der Waals surface area contributed by atoms with Gasteiger partial charge in [-0.05, 0) is 36.4 Å². The van der Waals surface area contributed by atoms with E-state index in [-0.39, 0.29) is 17.8 Å². The van der Waals surface area contributed by atoms with Crippen molar-refractivity contribution in [1.29, 1.82) is 0 Å². The molecule has 0 radical (unpaired) electrons. The first kappa shape index (κ1) is 22.1. The van der Waals surface area contributed by atoms with Crippen LogP contribution in [0.5, 0.6) is 0 Å². The molecule has 0 unspecified atom stereocenters. The molecule has 1 aromatic heterocycles. The second kappa shape index (κ2) is 9.02. The molecule has 0 saturated carbocycles. The average molecular weight is 447 g/mol. The van der Waals surface area contributed by atoms with Crippen LogP contribution in [0.4, 0.5) is 13.2 Å². The maximum absolute atomic E-state index is 14.0. The van der Waals surface area contributed by atoms with Crippen LogP contribution in [0.25, 0.3) is 11.1 Å². The van der Waals surface area contributed by atoms with Crippen molar-refractivity contribution in [2.75, 3.05) is 38.3 Å². The molecule has 1 fully saturated rings. The van der Waals surface area contributed by atoms with Gasteiger partial charge >= 0.3 is 6.18 Å². The summed E-state index contributed by atoms with van der Waals surface area (Å²) in [6.45, 7) is 2.98. The van der Waals surface area contributed by atoms with Gasteiger partial charge in [0.25, 0.3) is 5.91 Å². The minimum absolute atomic E-state index is 0.0533. The zero-order valence-electron chi connectivity index (χ0n) is 16.2. The van der Waals surface area contributed by atoms with Gasteiger partial charge in [-0.1, -0.05) is 23.7 Å². The fourth-order valence-electron chi connectivity index (χ4n) is 3.63. The van der Waals surface area contributed by atoms with E-state index in [0.717, 1.165) is 4.57 Å². The molecule has 1 aromatic carbocycles. The van der Waals surface area contributed by atoms with Gasteiger partial charge in [-0.15, -0.1) is 0 Å². The monoisotopic (exact) mass is 446 g/mol. The fourth-order valence-corrected chi connectivity index (χ4v) is 4.12. The Morgan fingerprint density at radius 3 is 2.38 bits per heavy atom. The van der Waals surface area contributed by atoms with Gasteiger partial charge < -0.3 is 14.2 Å². The third kappa shape index (κ3) is 4.59. The topological polar surface area (TPSA) is 34.5 Å². The van der Waals surface area contributed by atoms with Gasteiger partial charge in [0.05, 0.1) is 13.2 Å².